The van der Waals surface area contributed by atoms with E-state index < -0.39 is 43.1 Å². The molecule has 0 spiro atoms. The largest absolute Gasteiger partial charge is 0.508 e. The van der Waals surface area contributed by atoms with E-state index >= 15 is 0 Å². The Bertz CT molecular complexity index is 1110. The van der Waals surface area contributed by atoms with Crippen LogP contribution in [0.3, 0.4) is 0 Å². The number of halogens is 1. The van der Waals surface area contributed by atoms with Crippen molar-refractivity contribution in [1.29, 1.82) is 0 Å². The van der Waals surface area contributed by atoms with Crippen molar-refractivity contribution >= 4 is 22.7 Å². The third kappa shape index (κ3) is 4.17. The minimum Gasteiger partial charge on any atom is -0.508 e. The van der Waals surface area contributed by atoms with Crippen LogP contribution in [0, 0.1) is 5.82 Å². The number of aromatic hydroxyl groups is 1. The molecule has 0 saturated carbocycles. The van der Waals surface area contributed by atoms with Crippen LogP contribution < -0.4 is 4.74 Å². The second-order valence-corrected chi connectivity index (χ2v) is 8.53. The summed E-state index contributed by atoms with van der Waals surface area (Å²) >= 11 is 1.14. The summed E-state index contributed by atoms with van der Waals surface area (Å²) in [5.41, 5.74) is 0.461. The summed E-state index contributed by atoms with van der Waals surface area (Å²) in [5.74, 6) is -0.0817. The summed E-state index contributed by atoms with van der Waals surface area (Å²) in [5, 5.41) is 51.0. The van der Waals surface area contributed by atoms with Gasteiger partial charge in [0.05, 0.1) is 18.7 Å². The predicted molar refractivity (Wildman–Crippen MR) is 114 cm³/mol. The van der Waals surface area contributed by atoms with Crippen LogP contribution in [0.15, 0.2) is 52.4 Å². The zero-order valence-electron chi connectivity index (χ0n) is 17.1. The topological polar surface area (TPSA) is 125 Å². The average Bonchev–Trinajstić information content (AvgIpc) is 3.11. The number of fused-ring (bicyclic) bond motifs is 1. The number of hydrogen-bond donors (Lipinski definition) is 5. The molecule has 10 heteroatoms. The summed E-state index contributed by atoms with van der Waals surface area (Å²) in [6.07, 6.45) is -5.20. The van der Waals surface area contributed by atoms with E-state index in [1.165, 1.54) is 22.8 Å². The highest BCUT2D eigenvalue weighted by molar-refractivity contribution is 7.99. The van der Waals surface area contributed by atoms with Gasteiger partial charge in [0.25, 0.3) is 0 Å². The van der Waals surface area contributed by atoms with Gasteiger partial charge in [-0.05, 0) is 31.2 Å². The molecule has 1 aliphatic rings. The van der Waals surface area contributed by atoms with Crippen molar-refractivity contribution in [1.82, 2.24) is 4.57 Å². The van der Waals surface area contributed by atoms with Gasteiger partial charge in [0, 0.05) is 33.5 Å². The lowest BCUT2D eigenvalue weighted by Crippen LogP contribution is -2.56. The van der Waals surface area contributed by atoms with Gasteiger partial charge in [0.2, 0.25) is 0 Å². The van der Waals surface area contributed by atoms with E-state index in [0.29, 0.717) is 33.1 Å². The summed E-state index contributed by atoms with van der Waals surface area (Å²) < 4.78 is 27.1. The second kappa shape index (κ2) is 9.26. The number of phenolic OH excluding ortho intramolecular Hbond substituents is 1. The molecule has 0 aliphatic carbocycles. The number of rotatable bonds is 6. The molecule has 1 aliphatic heterocycles. The fraction of sp³-hybridized carbons (Fsp3) is 0.364. The van der Waals surface area contributed by atoms with Gasteiger partial charge in [-0.25, -0.2) is 4.39 Å². The maximum absolute atomic E-state index is 14.6. The summed E-state index contributed by atoms with van der Waals surface area (Å²) in [7, 11) is 0. The summed E-state index contributed by atoms with van der Waals surface area (Å²) in [6.45, 7) is 1.66. The quantitative estimate of drug-likeness (QED) is 0.375. The molecule has 4 rings (SSSR count). The average molecular weight is 465 g/mol. The third-order valence-corrected chi connectivity index (χ3v) is 6.45. The van der Waals surface area contributed by atoms with Crippen LogP contribution in [0.5, 0.6) is 11.5 Å². The number of hydrogen-bond acceptors (Lipinski definition) is 8. The van der Waals surface area contributed by atoms with Crippen molar-refractivity contribution < 1.29 is 39.4 Å². The Balaban J connectivity index is 1.75. The molecular formula is C22H24FNO7S. The number of aliphatic hydroxyl groups is 4. The normalized spacial score (nSPS) is 25.9. The van der Waals surface area contributed by atoms with E-state index in [4.69, 9.17) is 9.47 Å². The highest BCUT2D eigenvalue weighted by Gasteiger charge is 2.44. The first kappa shape index (κ1) is 22.8. The van der Waals surface area contributed by atoms with Gasteiger partial charge in [0.15, 0.2) is 6.23 Å². The van der Waals surface area contributed by atoms with Crippen LogP contribution in [0.1, 0.15) is 13.2 Å². The van der Waals surface area contributed by atoms with Gasteiger partial charge in [-0.1, -0.05) is 11.8 Å². The first-order chi connectivity index (χ1) is 15.3. The monoisotopic (exact) mass is 465 g/mol. The second-order valence-electron chi connectivity index (χ2n) is 7.45. The Labute approximate surface area is 187 Å². The van der Waals surface area contributed by atoms with Crippen molar-refractivity contribution in [3.63, 3.8) is 0 Å². The molecule has 2 heterocycles. The van der Waals surface area contributed by atoms with Crippen molar-refractivity contribution in [3.8, 4) is 11.5 Å². The van der Waals surface area contributed by atoms with Crippen LogP contribution in [0.25, 0.3) is 10.9 Å². The smallest absolute Gasteiger partial charge is 0.163 e. The van der Waals surface area contributed by atoms with Crippen molar-refractivity contribution in [3.05, 3.63) is 48.4 Å². The Morgan fingerprint density at radius 1 is 1.06 bits per heavy atom. The lowest BCUT2D eigenvalue weighted by molar-refractivity contribution is -0.250. The number of aliphatic hydroxyl groups excluding tert-OH is 4. The van der Waals surface area contributed by atoms with Crippen LogP contribution in [-0.4, -0.2) is 67.7 Å². The lowest BCUT2D eigenvalue weighted by Gasteiger charge is -2.40. The lowest BCUT2D eigenvalue weighted by atomic mass is 9.98. The van der Waals surface area contributed by atoms with Crippen LogP contribution >= 0.6 is 11.8 Å². The van der Waals surface area contributed by atoms with Crippen molar-refractivity contribution in [2.24, 2.45) is 0 Å². The molecule has 2 aromatic carbocycles. The van der Waals surface area contributed by atoms with Gasteiger partial charge in [0.1, 0.15) is 41.7 Å². The Morgan fingerprint density at radius 3 is 2.53 bits per heavy atom. The van der Waals surface area contributed by atoms with Gasteiger partial charge in [-0.3, -0.25) is 0 Å². The van der Waals surface area contributed by atoms with Gasteiger partial charge >= 0.3 is 0 Å². The number of aromatic nitrogens is 1. The Morgan fingerprint density at radius 2 is 1.84 bits per heavy atom. The van der Waals surface area contributed by atoms with Crippen molar-refractivity contribution in [2.45, 2.75) is 47.4 Å². The molecule has 8 nitrogen and oxygen atoms in total. The Kier molecular flexibility index (Phi) is 6.61. The molecule has 5 N–H and O–H groups in total. The fourth-order valence-electron chi connectivity index (χ4n) is 3.75. The predicted octanol–water partition coefficient (Wildman–Crippen LogP) is 2.01. The van der Waals surface area contributed by atoms with E-state index in [9.17, 15) is 29.9 Å². The first-order valence-corrected chi connectivity index (χ1v) is 10.9. The summed E-state index contributed by atoms with van der Waals surface area (Å²) in [4.78, 5) is 0.953. The third-order valence-electron chi connectivity index (χ3n) is 5.36. The van der Waals surface area contributed by atoms with E-state index in [1.807, 2.05) is 6.92 Å². The van der Waals surface area contributed by atoms with E-state index in [2.05, 4.69) is 0 Å². The molecule has 32 heavy (non-hydrogen) atoms. The molecule has 1 aromatic heterocycles. The van der Waals surface area contributed by atoms with E-state index in [-0.39, 0.29) is 5.75 Å². The molecule has 0 bridgehead atoms. The highest BCUT2D eigenvalue weighted by atomic mass is 32.2. The van der Waals surface area contributed by atoms with Gasteiger partial charge < -0.3 is 39.6 Å². The van der Waals surface area contributed by atoms with Gasteiger partial charge in [-0.15, -0.1) is 0 Å². The summed E-state index contributed by atoms with van der Waals surface area (Å²) in [6, 6.07) is 9.16. The molecule has 0 amide bonds. The van der Waals surface area contributed by atoms with Gasteiger partial charge in [-0.2, -0.15) is 0 Å². The molecule has 1 fully saturated rings. The fourth-order valence-corrected chi connectivity index (χ4v) is 4.73. The first-order valence-electron chi connectivity index (χ1n) is 10.1. The molecule has 5 atom stereocenters. The molecule has 0 unspecified atom stereocenters. The zero-order valence-corrected chi connectivity index (χ0v) is 17.9. The SMILES string of the molecule is CCOc1ccc(Sc2cn([C@@H]3O[C@H](CO)[C@@H](O)[C@H](O)[C@H]3O)c3cc(O)ccc23)c(F)c1. The molecule has 3 aromatic rings. The van der Waals surface area contributed by atoms with Crippen LogP contribution in [0.2, 0.25) is 0 Å². The standard InChI is InChI=1S/C22H24FNO7S/c1-2-30-12-4-6-17(14(23)8-12)32-18-9-24(15-7-11(26)3-5-13(15)18)22-21(29)20(28)19(27)16(10-25)31-22/h3-9,16,19-22,25-29H,2,10H2,1H3/t16-,19-,20+,21-,22-/m1/s1. The number of ether oxygens (including phenoxy) is 2. The zero-order chi connectivity index (χ0) is 23.0. The number of phenols is 1. The molecule has 172 valence electrons. The Hall–Kier alpha value is -2.34. The van der Waals surface area contributed by atoms with Crippen LogP contribution in [0.4, 0.5) is 4.39 Å². The maximum Gasteiger partial charge on any atom is 0.163 e. The highest BCUT2D eigenvalue weighted by Crippen LogP contribution is 2.41. The minimum absolute atomic E-state index is 0.0368. The van der Waals surface area contributed by atoms with Crippen molar-refractivity contribution in [2.75, 3.05) is 13.2 Å². The maximum atomic E-state index is 14.6. The molecular weight excluding hydrogens is 441 g/mol. The molecule has 0 radical (unpaired) electrons. The minimum atomic E-state index is -1.56. The molecule has 1 saturated heterocycles. The van der Waals surface area contributed by atoms with E-state index in [0.717, 1.165) is 11.8 Å². The number of benzene rings is 2. The van der Waals surface area contributed by atoms with E-state index in [1.54, 1.807) is 24.4 Å². The number of nitrogens with zero attached hydrogens (tertiary/aromatic N) is 1. The van der Waals surface area contributed by atoms with Crippen LogP contribution in [-0.2, 0) is 4.74 Å².